The van der Waals surface area contributed by atoms with E-state index in [0.717, 1.165) is 11.1 Å². The third-order valence-corrected chi connectivity index (χ3v) is 6.12. The molecule has 1 aliphatic heterocycles. The van der Waals surface area contributed by atoms with Gasteiger partial charge in [-0.05, 0) is 73.5 Å². The van der Waals surface area contributed by atoms with Gasteiger partial charge in [0.25, 0.3) is 11.8 Å². The molecular weight excluding hydrogens is 468 g/mol. The summed E-state index contributed by atoms with van der Waals surface area (Å²) in [6, 6.07) is 17.8. The van der Waals surface area contributed by atoms with Gasteiger partial charge in [0.2, 0.25) is 0 Å². The van der Waals surface area contributed by atoms with Crippen LogP contribution in [0.2, 0.25) is 5.02 Å². The first-order chi connectivity index (χ1) is 16.9. The summed E-state index contributed by atoms with van der Waals surface area (Å²) in [5, 5.41) is 3.47. The first-order valence-electron chi connectivity index (χ1n) is 11.2. The summed E-state index contributed by atoms with van der Waals surface area (Å²) in [7, 11) is 3.19. The molecule has 3 aromatic rings. The first-order valence-corrected chi connectivity index (χ1v) is 11.6. The molecule has 182 valence electrons. The van der Waals surface area contributed by atoms with Crippen LogP contribution >= 0.6 is 11.6 Å². The molecule has 0 saturated heterocycles. The zero-order valence-electron chi connectivity index (χ0n) is 19.8. The molecule has 0 aromatic heterocycles. The number of nitrogens with one attached hydrogen (secondary N) is 1. The maximum atomic E-state index is 13.0. The van der Waals surface area contributed by atoms with Crippen molar-refractivity contribution >= 4 is 29.1 Å². The SMILES string of the molecule is COc1ccc(CCN2Cc3cc(NC(=O)c4ccc(Cl)cc4)ccc3OC(C)C2=O)cc1OC. The number of hydrogen-bond donors (Lipinski definition) is 1. The van der Waals surface area contributed by atoms with E-state index >= 15 is 0 Å². The van der Waals surface area contributed by atoms with Crippen LogP contribution in [-0.4, -0.2) is 43.6 Å². The summed E-state index contributed by atoms with van der Waals surface area (Å²) in [4.78, 5) is 27.4. The molecule has 4 rings (SSSR count). The van der Waals surface area contributed by atoms with Crippen molar-refractivity contribution in [3.8, 4) is 17.2 Å². The van der Waals surface area contributed by atoms with Crippen LogP contribution < -0.4 is 19.5 Å². The Labute approximate surface area is 209 Å². The predicted molar refractivity (Wildman–Crippen MR) is 135 cm³/mol. The van der Waals surface area contributed by atoms with Gasteiger partial charge < -0.3 is 24.4 Å². The van der Waals surface area contributed by atoms with Gasteiger partial charge in [0.15, 0.2) is 17.6 Å². The van der Waals surface area contributed by atoms with Gasteiger partial charge in [-0.1, -0.05) is 17.7 Å². The molecule has 1 N–H and O–H groups in total. The zero-order chi connectivity index (χ0) is 24.9. The second-order valence-electron chi connectivity index (χ2n) is 8.24. The average molecular weight is 495 g/mol. The molecule has 0 fully saturated rings. The minimum absolute atomic E-state index is 0.0894. The number of fused-ring (bicyclic) bond motifs is 1. The number of carbonyl (C=O) groups excluding carboxylic acids is 2. The van der Waals surface area contributed by atoms with Crippen molar-refractivity contribution in [2.45, 2.75) is 26.0 Å². The van der Waals surface area contributed by atoms with Gasteiger partial charge in [0.05, 0.1) is 14.2 Å². The number of amides is 2. The second-order valence-corrected chi connectivity index (χ2v) is 8.68. The molecule has 2 amide bonds. The van der Waals surface area contributed by atoms with Crippen molar-refractivity contribution in [2.24, 2.45) is 0 Å². The number of ether oxygens (including phenoxy) is 3. The summed E-state index contributed by atoms with van der Waals surface area (Å²) in [6.07, 6.45) is 0.0254. The Morgan fingerprint density at radius 3 is 2.51 bits per heavy atom. The minimum Gasteiger partial charge on any atom is -0.493 e. The smallest absolute Gasteiger partial charge is 0.263 e. The van der Waals surface area contributed by atoms with E-state index < -0.39 is 6.10 Å². The summed E-state index contributed by atoms with van der Waals surface area (Å²) in [6.45, 7) is 2.62. The van der Waals surface area contributed by atoms with Crippen LogP contribution in [-0.2, 0) is 17.8 Å². The van der Waals surface area contributed by atoms with Crippen molar-refractivity contribution < 1.29 is 23.8 Å². The van der Waals surface area contributed by atoms with Gasteiger partial charge in [-0.25, -0.2) is 0 Å². The highest BCUT2D eigenvalue weighted by Gasteiger charge is 2.28. The molecule has 0 saturated carbocycles. The van der Waals surface area contributed by atoms with E-state index in [1.54, 1.807) is 62.4 Å². The summed E-state index contributed by atoms with van der Waals surface area (Å²) >= 11 is 5.91. The average Bonchev–Trinajstić information content (AvgIpc) is 2.98. The fourth-order valence-corrected chi connectivity index (χ4v) is 4.10. The maximum absolute atomic E-state index is 13.0. The number of nitrogens with zero attached hydrogens (tertiary/aromatic N) is 1. The summed E-state index contributed by atoms with van der Waals surface area (Å²) in [5.74, 6) is 1.60. The Hall–Kier alpha value is -3.71. The molecule has 3 aromatic carbocycles. The minimum atomic E-state index is -0.615. The van der Waals surface area contributed by atoms with E-state index in [1.807, 2.05) is 24.3 Å². The van der Waals surface area contributed by atoms with Crippen LogP contribution in [0.3, 0.4) is 0 Å². The Morgan fingerprint density at radius 2 is 1.80 bits per heavy atom. The van der Waals surface area contributed by atoms with Gasteiger partial charge in [-0.3, -0.25) is 9.59 Å². The Kier molecular flexibility index (Phi) is 7.46. The highest BCUT2D eigenvalue weighted by molar-refractivity contribution is 6.30. The van der Waals surface area contributed by atoms with Crippen LogP contribution in [0.25, 0.3) is 0 Å². The van der Waals surface area contributed by atoms with Gasteiger partial charge in [0.1, 0.15) is 5.75 Å². The van der Waals surface area contributed by atoms with Gasteiger partial charge in [0, 0.05) is 34.9 Å². The molecule has 0 spiro atoms. The number of methoxy groups -OCH3 is 2. The highest BCUT2D eigenvalue weighted by Crippen LogP contribution is 2.30. The number of hydrogen-bond acceptors (Lipinski definition) is 5. The van der Waals surface area contributed by atoms with Gasteiger partial charge >= 0.3 is 0 Å². The van der Waals surface area contributed by atoms with Gasteiger partial charge in [-0.15, -0.1) is 0 Å². The van der Waals surface area contributed by atoms with Gasteiger partial charge in [-0.2, -0.15) is 0 Å². The zero-order valence-corrected chi connectivity index (χ0v) is 20.6. The quantitative estimate of drug-likeness (QED) is 0.502. The van der Waals surface area contributed by atoms with E-state index in [2.05, 4.69) is 5.32 Å². The predicted octanol–water partition coefficient (Wildman–Crippen LogP) is 4.96. The lowest BCUT2D eigenvalue weighted by Gasteiger charge is -2.22. The van der Waals surface area contributed by atoms with E-state index in [-0.39, 0.29) is 11.8 Å². The van der Waals surface area contributed by atoms with Crippen LogP contribution in [0.15, 0.2) is 60.7 Å². The van der Waals surface area contributed by atoms with Crippen molar-refractivity contribution in [1.29, 1.82) is 0 Å². The Balaban J connectivity index is 1.50. The number of rotatable bonds is 7. The summed E-state index contributed by atoms with van der Waals surface area (Å²) in [5.41, 5.74) is 2.97. The van der Waals surface area contributed by atoms with E-state index in [4.69, 9.17) is 25.8 Å². The molecule has 8 heteroatoms. The summed E-state index contributed by atoms with van der Waals surface area (Å²) < 4.78 is 16.6. The Bertz CT molecular complexity index is 1230. The van der Waals surface area contributed by atoms with Crippen molar-refractivity contribution in [3.63, 3.8) is 0 Å². The number of halogens is 1. The monoisotopic (exact) mass is 494 g/mol. The molecule has 0 radical (unpaired) electrons. The van der Waals surface area contributed by atoms with Crippen LogP contribution in [0, 0.1) is 0 Å². The molecule has 1 atom stereocenters. The molecule has 1 unspecified atom stereocenters. The molecule has 1 heterocycles. The maximum Gasteiger partial charge on any atom is 0.263 e. The number of anilines is 1. The fourth-order valence-electron chi connectivity index (χ4n) is 3.97. The van der Waals surface area contributed by atoms with Crippen LogP contribution in [0.1, 0.15) is 28.4 Å². The third-order valence-electron chi connectivity index (χ3n) is 5.87. The first kappa shape index (κ1) is 24.4. The van der Waals surface area contributed by atoms with E-state index in [0.29, 0.717) is 53.0 Å². The lowest BCUT2D eigenvalue weighted by Crippen LogP contribution is -2.39. The van der Waals surface area contributed by atoms with E-state index in [9.17, 15) is 9.59 Å². The number of benzene rings is 3. The third kappa shape index (κ3) is 5.69. The van der Waals surface area contributed by atoms with Crippen molar-refractivity contribution in [3.05, 3.63) is 82.4 Å². The topological polar surface area (TPSA) is 77.1 Å². The molecule has 35 heavy (non-hydrogen) atoms. The second kappa shape index (κ2) is 10.7. The van der Waals surface area contributed by atoms with E-state index in [1.165, 1.54) is 0 Å². The normalized spacial score (nSPS) is 15.0. The van der Waals surface area contributed by atoms with Crippen LogP contribution in [0.4, 0.5) is 5.69 Å². The largest absolute Gasteiger partial charge is 0.493 e. The molecule has 0 aliphatic carbocycles. The molecule has 7 nitrogen and oxygen atoms in total. The van der Waals surface area contributed by atoms with Crippen LogP contribution in [0.5, 0.6) is 17.2 Å². The standard InChI is InChI=1S/C27H27ClN2O5/c1-17-27(32)30(13-12-18-4-10-24(33-2)25(14-18)34-3)16-20-15-22(9-11-23(20)35-17)29-26(31)19-5-7-21(28)8-6-19/h4-11,14-15,17H,12-13,16H2,1-3H3,(H,29,31). The molecular formula is C27H27ClN2O5. The Morgan fingerprint density at radius 1 is 1.06 bits per heavy atom. The molecule has 1 aliphatic rings. The highest BCUT2D eigenvalue weighted by atomic mass is 35.5. The lowest BCUT2D eigenvalue weighted by molar-refractivity contribution is -0.137. The lowest BCUT2D eigenvalue weighted by atomic mass is 10.1. The van der Waals surface area contributed by atoms with Crippen molar-refractivity contribution in [2.75, 3.05) is 26.1 Å². The number of carbonyl (C=O) groups is 2. The molecule has 0 bridgehead atoms. The van der Waals surface area contributed by atoms with Crippen molar-refractivity contribution in [1.82, 2.24) is 4.90 Å². The fraction of sp³-hybridized carbons (Fsp3) is 0.259.